The topological polar surface area (TPSA) is 99.9 Å². The molecule has 2 aromatic rings. The first-order chi connectivity index (χ1) is 18.9. The number of aromatic nitrogens is 2. The van der Waals surface area contributed by atoms with E-state index in [9.17, 15) is 9.59 Å². The molecule has 4 heterocycles. The second kappa shape index (κ2) is 20.4. The van der Waals surface area contributed by atoms with Crippen molar-refractivity contribution in [2.45, 2.75) is 52.4 Å². The van der Waals surface area contributed by atoms with Crippen molar-refractivity contribution in [2.24, 2.45) is 10.2 Å². The van der Waals surface area contributed by atoms with E-state index >= 15 is 0 Å². The van der Waals surface area contributed by atoms with Crippen LogP contribution in [0.4, 0.5) is 0 Å². The van der Waals surface area contributed by atoms with Crippen molar-refractivity contribution in [3.05, 3.63) is 58.1 Å². The van der Waals surface area contributed by atoms with Crippen LogP contribution in [0.1, 0.15) is 65.2 Å². The van der Waals surface area contributed by atoms with Crippen LogP contribution in [0.15, 0.2) is 46.9 Å². The summed E-state index contributed by atoms with van der Waals surface area (Å²) in [6, 6.07) is 7.12. The Kier molecular flexibility index (Phi) is 18.2. The minimum atomic E-state index is -0.0530. The average molecular weight is 612 g/mol. The predicted octanol–water partition coefficient (Wildman–Crippen LogP) is 2.58. The maximum absolute atomic E-state index is 11.7. The fourth-order valence-electron chi connectivity index (χ4n) is 3.09. The monoisotopic (exact) mass is 610 g/mol. The van der Waals surface area contributed by atoms with Gasteiger partial charge in [0.2, 0.25) is 11.8 Å². The van der Waals surface area contributed by atoms with Gasteiger partial charge < -0.3 is 1.43 Å². The molecule has 0 fully saturated rings. The third kappa shape index (κ3) is 13.3. The number of nitrogens with one attached hydrogen (secondary N) is 1. The third-order valence-electron chi connectivity index (χ3n) is 4.95. The molecular weight excluding hydrogens is 582 g/mol. The summed E-state index contributed by atoms with van der Waals surface area (Å²) in [7, 11) is 0. The van der Waals surface area contributed by atoms with E-state index in [1.165, 1.54) is 5.01 Å². The van der Waals surface area contributed by atoms with Crippen LogP contribution in [0.25, 0.3) is 0 Å². The van der Waals surface area contributed by atoms with Gasteiger partial charge in [-0.25, -0.2) is 10.4 Å². The van der Waals surface area contributed by atoms with Gasteiger partial charge >= 0.3 is 29.6 Å². The third-order valence-corrected chi connectivity index (χ3v) is 5.54. The Hall–Kier alpha value is -2.43. The molecule has 2 aliphatic rings. The summed E-state index contributed by atoms with van der Waals surface area (Å²) in [4.78, 5) is 30.9. The molecule has 1 N–H and O–H groups in total. The summed E-state index contributed by atoms with van der Waals surface area (Å²) in [5.41, 5.74) is 5.53. The van der Waals surface area contributed by atoms with Crippen LogP contribution in [0, 0.1) is 23.7 Å². The molecule has 0 bridgehead atoms. The molecule has 0 aliphatic carbocycles. The molecule has 40 heavy (non-hydrogen) atoms. The van der Waals surface area contributed by atoms with E-state index in [0.717, 1.165) is 35.7 Å². The molecule has 8 nitrogen and oxygen atoms in total. The van der Waals surface area contributed by atoms with Gasteiger partial charge in [-0.15, -0.1) is 23.4 Å². The number of hydrogen-bond donors (Lipinski definition) is 1. The molecular formula is C28H30Cl3N6NaO2. The van der Waals surface area contributed by atoms with Crippen molar-refractivity contribution in [3.8, 4) is 23.7 Å². The van der Waals surface area contributed by atoms with Gasteiger partial charge in [-0.2, -0.15) is 10.2 Å². The molecule has 0 spiro atoms. The standard InChI is InChI=1S/C14H14ClN3O.C9H8ClN3O.C5H7Cl.Na.H/c1-2-3-4-9-18-14(19)8-7-13(17-18)12-6-5-11(15)10-16-12;10-6-1-2-7(11-5-6)8-3-4-9(14)13-12-8;1-2-3-4-5-6;;/h5-6,10H,2,7-9H2,1H3;1-2,5H,3-4H2,(H,13,14);2,5H2,1H3;;/q;;;+1;-1. The number of hydrazone groups is 2. The van der Waals surface area contributed by atoms with E-state index in [-0.39, 0.29) is 42.8 Å². The molecule has 0 saturated carbocycles. The summed E-state index contributed by atoms with van der Waals surface area (Å²) in [5, 5.41) is 10.8. The van der Waals surface area contributed by atoms with E-state index in [0.29, 0.717) is 48.2 Å². The number of rotatable bonds is 3. The molecule has 2 amide bonds. The number of carbonyl (C=O) groups excluding carboxylic acids is 2. The van der Waals surface area contributed by atoms with Crippen LogP contribution in [-0.2, 0) is 9.59 Å². The second-order valence-electron chi connectivity index (χ2n) is 7.86. The summed E-state index contributed by atoms with van der Waals surface area (Å²) in [6.07, 6.45) is 6.96. The normalized spacial score (nSPS) is 13.6. The molecule has 2 aromatic heterocycles. The van der Waals surface area contributed by atoms with Crippen molar-refractivity contribution in [1.29, 1.82) is 0 Å². The second-order valence-corrected chi connectivity index (χ2v) is 9.00. The van der Waals surface area contributed by atoms with Gasteiger partial charge in [-0.3, -0.25) is 19.6 Å². The van der Waals surface area contributed by atoms with Crippen molar-refractivity contribution in [3.63, 3.8) is 0 Å². The number of pyridine rings is 2. The van der Waals surface area contributed by atoms with Gasteiger partial charge in [0.1, 0.15) is 6.54 Å². The molecule has 0 radical (unpaired) electrons. The summed E-state index contributed by atoms with van der Waals surface area (Å²) in [5.74, 6) is 11.8. The molecule has 12 heteroatoms. The Morgan fingerprint density at radius 2 is 1.43 bits per heavy atom. The van der Waals surface area contributed by atoms with E-state index in [1.807, 2.05) is 19.9 Å². The number of carbonyl (C=O) groups is 2. The summed E-state index contributed by atoms with van der Waals surface area (Å²) >= 11 is 16.7. The largest absolute Gasteiger partial charge is 1.00 e. The molecule has 0 unspecified atom stereocenters. The van der Waals surface area contributed by atoms with Gasteiger partial charge in [-0.1, -0.05) is 48.9 Å². The molecule has 0 atom stereocenters. The Balaban J connectivity index is 0.000000643. The van der Waals surface area contributed by atoms with Crippen LogP contribution in [0.2, 0.25) is 10.0 Å². The fourth-order valence-corrected chi connectivity index (χ4v) is 3.41. The van der Waals surface area contributed by atoms with Crippen LogP contribution in [-0.4, -0.2) is 50.6 Å². The van der Waals surface area contributed by atoms with E-state index in [1.54, 1.807) is 30.6 Å². The number of hydrogen-bond acceptors (Lipinski definition) is 6. The molecule has 0 aromatic carbocycles. The quantitative estimate of drug-likeness (QED) is 0.328. The smallest absolute Gasteiger partial charge is 1.00 e. The van der Waals surface area contributed by atoms with Gasteiger partial charge in [0.05, 0.1) is 38.7 Å². The minimum Gasteiger partial charge on any atom is -1.00 e. The number of alkyl halides is 1. The van der Waals surface area contributed by atoms with Gasteiger partial charge in [0, 0.05) is 50.9 Å². The maximum Gasteiger partial charge on any atom is 1.00 e. The first kappa shape index (κ1) is 35.6. The van der Waals surface area contributed by atoms with Crippen LogP contribution in [0.5, 0.6) is 0 Å². The number of nitrogens with zero attached hydrogens (tertiary/aromatic N) is 5. The zero-order valence-electron chi connectivity index (χ0n) is 23.8. The SMILES string of the molecule is CCC#CCCl.CCC#CCN1N=C(c2ccc(Cl)cn2)CCC1=O.O=C1CCC(c2ccc(Cl)cn2)=NN1.[H-].[Na+]. The van der Waals surface area contributed by atoms with Crippen LogP contribution < -0.4 is 35.0 Å². The van der Waals surface area contributed by atoms with Crippen LogP contribution >= 0.6 is 34.8 Å². The Morgan fingerprint density at radius 1 is 0.850 bits per heavy atom. The van der Waals surface area contributed by atoms with E-state index in [4.69, 9.17) is 34.8 Å². The zero-order chi connectivity index (χ0) is 28.5. The average Bonchev–Trinajstić information content (AvgIpc) is 2.95. The Labute approximate surface area is 274 Å². The zero-order valence-corrected chi connectivity index (χ0v) is 27.1. The van der Waals surface area contributed by atoms with E-state index in [2.05, 4.69) is 49.3 Å². The molecule has 0 saturated heterocycles. The minimum absolute atomic E-state index is 0. The van der Waals surface area contributed by atoms with Gasteiger partial charge in [-0.05, 0) is 24.3 Å². The first-order valence-corrected chi connectivity index (χ1v) is 13.6. The van der Waals surface area contributed by atoms with Crippen molar-refractivity contribution >= 4 is 58.0 Å². The predicted molar refractivity (Wildman–Crippen MR) is 158 cm³/mol. The summed E-state index contributed by atoms with van der Waals surface area (Å²) in [6.45, 7) is 4.31. The molecule has 2 aliphatic heterocycles. The first-order valence-electron chi connectivity index (χ1n) is 12.3. The maximum atomic E-state index is 11.7. The fraction of sp³-hybridized carbons (Fsp3) is 0.357. The van der Waals surface area contributed by atoms with Crippen LogP contribution in [0.3, 0.4) is 0 Å². The van der Waals surface area contributed by atoms with Crippen molar-refractivity contribution < 1.29 is 40.6 Å². The Morgan fingerprint density at radius 3 is 1.90 bits per heavy atom. The van der Waals surface area contributed by atoms with E-state index < -0.39 is 0 Å². The number of halogens is 3. The summed E-state index contributed by atoms with van der Waals surface area (Å²) < 4.78 is 0. The van der Waals surface area contributed by atoms with Gasteiger partial charge in [0.25, 0.3) is 0 Å². The number of amides is 2. The molecule has 206 valence electrons. The Bertz CT molecular complexity index is 1290. The van der Waals surface area contributed by atoms with Crippen molar-refractivity contribution in [2.75, 3.05) is 12.4 Å². The molecule has 4 rings (SSSR count). The van der Waals surface area contributed by atoms with Gasteiger partial charge in [0.15, 0.2) is 0 Å². The van der Waals surface area contributed by atoms with Crippen molar-refractivity contribution in [1.82, 2.24) is 20.4 Å².